The number of hydrogen-bond acceptors (Lipinski definition) is 7. The fourth-order valence-corrected chi connectivity index (χ4v) is 7.63. The molecule has 1 saturated heterocycles. The van der Waals surface area contributed by atoms with Crippen molar-refractivity contribution in [3.8, 4) is 11.3 Å². The monoisotopic (exact) mass is 587 g/mol. The maximum absolute atomic E-state index is 13.0. The molecule has 0 atom stereocenters. The molecule has 1 aliphatic carbocycles. The Morgan fingerprint density at radius 1 is 0.951 bits per heavy atom. The summed E-state index contributed by atoms with van der Waals surface area (Å²) in [7, 11) is -3.56. The van der Waals surface area contributed by atoms with Crippen molar-refractivity contribution < 1.29 is 13.2 Å². The van der Waals surface area contributed by atoms with Gasteiger partial charge in [-0.15, -0.1) is 11.3 Å². The first-order valence-corrected chi connectivity index (χ1v) is 16.4. The standard InChI is InChI=1S/C31H33N5O3S2/c37-41(38,35-17-19-39-20-18-35)29-14-12-28(13-15-29)34-31-36(33-22-24-5-4-16-32-21-24)30(23-40-31)27-10-8-26(9-11-27)25-6-2-1-3-7-25/h4-5,8-16,21-23,25H,1-3,6-7,17-20H2. The molecule has 1 saturated carbocycles. The highest BCUT2D eigenvalue weighted by Crippen LogP contribution is 2.33. The van der Waals surface area contributed by atoms with E-state index in [9.17, 15) is 8.42 Å². The summed E-state index contributed by atoms with van der Waals surface area (Å²) in [6.45, 7) is 1.55. The molecule has 2 aliphatic rings. The van der Waals surface area contributed by atoms with Gasteiger partial charge in [-0.05, 0) is 54.7 Å². The van der Waals surface area contributed by atoms with Gasteiger partial charge in [-0.2, -0.15) is 9.41 Å². The van der Waals surface area contributed by atoms with E-state index in [1.807, 2.05) is 16.8 Å². The van der Waals surface area contributed by atoms with E-state index in [1.54, 1.807) is 42.9 Å². The second-order valence-electron chi connectivity index (χ2n) is 10.3. The topological polar surface area (TPSA) is 89.2 Å². The Morgan fingerprint density at radius 3 is 2.41 bits per heavy atom. The number of hydrogen-bond donors (Lipinski definition) is 0. The highest BCUT2D eigenvalue weighted by Gasteiger charge is 2.26. The van der Waals surface area contributed by atoms with E-state index in [0.717, 1.165) is 16.8 Å². The third-order valence-corrected chi connectivity index (χ3v) is 10.4. The molecule has 10 heteroatoms. The lowest BCUT2D eigenvalue weighted by Crippen LogP contribution is -2.40. The van der Waals surface area contributed by atoms with E-state index < -0.39 is 10.0 Å². The molecule has 0 spiro atoms. The van der Waals surface area contributed by atoms with Gasteiger partial charge in [0.25, 0.3) is 0 Å². The number of ether oxygens (including phenoxy) is 1. The second kappa shape index (κ2) is 12.6. The van der Waals surface area contributed by atoms with Gasteiger partial charge in [0, 0.05) is 42.0 Å². The summed E-state index contributed by atoms with van der Waals surface area (Å²) in [4.78, 5) is 9.98. The van der Waals surface area contributed by atoms with E-state index in [4.69, 9.17) is 14.8 Å². The van der Waals surface area contributed by atoms with Crippen LogP contribution < -0.4 is 4.80 Å². The molecule has 0 radical (unpaired) electrons. The zero-order valence-electron chi connectivity index (χ0n) is 22.8. The smallest absolute Gasteiger partial charge is 0.243 e. The molecule has 2 aromatic carbocycles. The van der Waals surface area contributed by atoms with Crippen LogP contribution in [0.25, 0.3) is 11.3 Å². The summed E-state index contributed by atoms with van der Waals surface area (Å²) in [5, 5.41) is 6.85. The van der Waals surface area contributed by atoms with Gasteiger partial charge in [-0.1, -0.05) is 49.6 Å². The van der Waals surface area contributed by atoms with Crippen molar-refractivity contribution in [2.45, 2.75) is 42.9 Å². The fraction of sp³-hybridized carbons (Fsp3) is 0.323. The molecule has 3 heterocycles. The Hall–Kier alpha value is -3.44. The van der Waals surface area contributed by atoms with E-state index in [2.05, 4.69) is 34.6 Å². The zero-order valence-corrected chi connectivity index (χ0v) is 24.4. The highest BCUT2D eigenvalue weighted by atomic mass is 32.2. The molecule has 4 aromatic rings. The van der Waals surface area contributed by atoms with Gasteiger partial charge < -0.3 is 4.74 Å². The van der Waals surface area contributed by atoms with Crippen LogP contribution in [-0.2, 0) is 14.8 Å². The van der Waals surface area contributed by atoms with Crippen LogP contribution in [0, 0.1) is 0 Å². The summed E-state index contributed by atoms with van der Waals surface area (Å²) in [6.07, 6.45) is 11.8. The number of pyridine rings is 1. The molecule has 0 N–H and O–H groups in total. The number of rotatable bonds is 7. The minimum Gasteiger partial charge on any atom is -0.379 e. The SMILES string of the molecule is O=S(=O)(c1ccc(N=c2scc(-c3ccc(C4CCCCC4)cc3)n2N=Cc2cccnc2)cc1)N1CCOCC1. The number of thiazole rings is 1. The second-order valence-corrected chi connectivity index (χ2v) is 13.1. The number of sulfonamides is 1. The van der Waals surface area contributed by atoms with E-state index in [0.29, 0.717) is 42.7 Å². The van der Waals surface area contributed by atoms with Crippen molar-refractivity contribution in [2.75, 3.05) is 26.3 Å². The summed E-state index contributed by atoms with van der Waals surface area (Å²) < 4.78 is 34.7. The fourth-order valence-electron chi connectivity index (χ4n) is 5.36. The predicted octanol–water partition coefficient (Wildman–Crippen LogP) is 5.79. The summed E-state index contributed by atoms with van der Waals surface area (Å²) in [5.41, 5.74) is 4.95. The lowest BCUT2D eigenvalue weighted by Gasteiger charge is -2.26. The van der Waals surface area contributed by atoms with Gasteiger partial charge >= 0.3 is 0 Å². The van der Waals surface area contributed by atoms with Crippen molar-refractivity contribution >= 4 is 33.3 Å². The highest BCUT2D eigenvalue weighted by molar-refractivity contribution is 7.89. The summed E-state index contributed by atoms with van der Waals surface area (Å²) in [6, 6.07) is 19.4. The zero-order chi connectivity index (χ0) is 28.1. The molecule has 0 unspecified atom stereocenters. The molecule has 6 rings (SSSR count). The van der Waals surface area contributed by atoms with Crippen LogP contribution in [0.2, 0.25) is 0 Å². The van der Waals surface area contributed by atoms with Gasteiger partial charge in [0.15, 0.2) is 0 Å². The van der Waals surface area contributed by atoms with Crippen LogP contribution in [0.5, 0.6) is 0 Å². The van der Waals surface area contributed by atoms with E-state index >= 15 is 0 Å². The summed E-state index contributed by atoms with van der Waals surface area (Å²) >= 11 is 1.49. The van der Waals surface area contributed by atoms with Crippen molar-refractivity contribution in [1.29, 1.82) is 0 Å². The first kappa shape index (κ1) is 27.7. The molecular weight excluding hydrogens is 555 g/mol. The third-order valence-electron chi connectivity index (χ3n) is 7.64. The predicted molar refractivity (Wildman–Crippen MR) is 162 cm³/mol. The van der Waals surface area contributed by atoms with Gasteiger partial charge in [0.05, 0.1) is 35.7 Å². The Balaban J connectivity index is 1.33. The normalized spacial score (nSPS) is 17.8. The molecule has 8 nitrogen and oxygen atoms in total. The van der Waals surface area contributed by atoms with Crippen LogP contribution in [0.15, 0.2) is 93.4 Å². The van der Waals surface area contributed by atoms with Gasteiger partial charge in [0.2, 0.25) is 14.8 Å². The number of nitrogens with zero attached hydrogens (tertiary/aromatic N) is 5. The maximum Gasteiger partial charge on any atom is 0.243 e. The van der Waals surface area contributed by atoms with Crippen LogP contribution in [0.3, 0.4) is 0 Å². The van der Waals surface area contributed by atoms with Gasteiger partial charge in [-0.3, -0.25) is 4.98 Å². The number of morpholine rings is 1. The van der Waals surface area contributed by atoms with Crippen LogP contribution >= 0.6 is 11.3 Å². The largest absolute Gasteiger partial charge is 0.379 e. The van der Waals surface area contributed by atoms with Crippen molar-refractivity contribution in [3.63, 3.8) is 0 Å². The third kappa shape index (κ3) is 6.41. The average Bonchev–Trinajstić information content (AvgIpc) is 3.43. The van der Waals surface area contributed by atoms with E-state index in [-0.39, 0.29) is 4.90 Å². The van der Waals surface area contributed by atoms with Crippen molar-refractivity contribution in [2.24, 2.45) is 10.1 Å². The van der Waals surface area contributed by atoms with Crippen LogP contribution in [0.1, 0.15) is 49.1 Å². The first-order valence-electron chi connectivity index (χ1n) is 14.1. The molecule has 1 aliphatic heterocycles. The molecule has 2 aromatic heterocycles. The Bertz CT molecular complexity index is 1650. The van der Waals surface area contributed by atoms with Crippen LogP contribution in [0.4, 0.5) is 5.69 Å². The lowest BCUT2D eigenvalue weighted by atomic mass is 9.84. The van der Waals surface area contributed by atoms with Crippen LogP contribution in [-0.4, -0.2) is 54.9 Å². The van der Waals surface area contributed by atoms with Crippen molar-refractivity contribution in [3.05, 3.63) is 94.4 Å². The van der Waals surface area contributed by atoms with Gasteiger partial charge in [0.1, 0.15) is 0 Å². The lowest BCUT2D eigenvalue weighted by molar-refractivity contribution is 0.0730. The number of aromatic nitrogens is 2. The quantitative estimate of drug-likeness (QED) is 0.256. The summed E-state index contributed by atoms with van der Waals surface area (Å²) in [5.74, 6) is 0.650. The molecular formula is C31H33N5O3S2. The first-order chi connectivity index (χ1) is 20.1. The molecule has 212 valence electrons. The van der Waals surface area contributed by atoms with Crippen molar-refractivity contribution in [1.82, 2.24) is 14.0 Å². The average molecular weight is 588 g/mol. The maximum atomic E-state index is 13.0. The van der Waals surface area contributed by atoms with Gasteiger partial charge in [-0.25, -0.2) is 18.1 Å². The Morgan fingerprint density at radius 2 is 1.71 bits per heavy atom. The molecule has 0 amide bonds. The molecule has 2 fully saturated rings. The Labute approximate surface area is 244 Å². The minimum absolute atomic E-state index is 0.255. The Kier molecular flexibility index (Phi) is 8.52. The molecule has 0 bridgehead atoms. The van der Waals surface area contributed by atoms with E-state index in [1.165, 1.54) is 53.3 Å². The number of benzene rings is 2. The minimum atomic E-state index is -3.56. The molecule has 41 heavy (non-hydrogen) atoms.